The van der Waals surface area contributed by atoms with Crippen LogP contribution in [0.4, 0.5) is 4.39 Å². The van der Waals surface area contributed by atoms with Crippen LogP contribution < -0.4 is 4.74 Å². The van der Waals surface area contributed by atoms with Crippen LogP contribution in [0.25, 0.3) is 6.08 Å². The van der Waals surface area contributed by atoms with E-state index in [0.29, 0.717) is 22.2 Å². The lowest BCUT2D eigenvalue weighted by Gasteiger charge is -2.02. The molecular formula is C17H12BrFO2. The van der Waals surface area contributed by atoms with Crippen LogP contribution in [0.2, 0.25) is 0 Å². The van der Waals surface area contributed by atoms with Crippen molar-refractivity contribution in [2.75, 3.05) is 6.61 Å². The first-order chi connectivity index (χ1) is 10.1. The van der Waals surface area contributed by atoms with E-state index in [2.05, 4.69) is 15.9 Å². The van der Waals surface area contributed by atoms with Crippen molar-refractivity contribution < 1.29 is 13.9 Å². The minimum atomic E-state index is -0.365. The van der Waals surface area contributed by atoms with Gasteiger partial charge in [-0.1, -0.05) is 22.0 Å². The van der Waals surface area contributed by atoms with Gasteiger partial charge in [0, 0.05) is 22.0 Å². The van der Waals surface area contributed by atoms with Gasteiger partial charge in [0.25, 0.3) is 0 Å². The predicted molar refractivity (Wildman–Crippen MR) is 83.1 cm³/mol. The van der Waals surface area contributed by atoms with Crippen molar-refractivity contribution in [1.29, 1.82) is 0 Å². The van der Waals surface area contributed by atoms with Crippen molar-refractivity contribution in [3.05, 3.63) is 69.5 Å². The minimum absolute atomic E-state index is 0.153. The molecule has 0 atom stereocenters. The Morgan fingerprint density at radius 2 is 2.14 bits per heavy atom. The van der Waals surface area contributed by atoms with Crippen molar-refractivity contribution in [3.8, 4) is 5.75 Å². The Hall–Kier alpha value is -1.94. The van der Waals surface area contributed by atoms with E-state index in [0.717, 1.165) is 17.7 Å². The molecule has 3 rings (SSSR count). The molecule has 0 saturated heterocycles. The highest BCUT2D eigenvalue weighted by molar-refractivity contribution is 9.10. The molecular weight excluding hydrogens is 335 g/mol. The fraction of sp³-hybridized carbons (Fsp3) is 0.118. The van der Waals surface area contributed by atoms with Crippen LogP contribution in [0, 0.1) is 5.82 Å². The van der Waals surface area contributed by atoms with E-state index >= 15 is 0 Å². The topological polar surface area (TPSA) is 26.3 Å². The first kappa shape index (κ1) is 14.0. The molecule has 1 heterocycles. The van der Waals surface area contributed by atoms with Gasteiger partial charge in [0.05, 0.1) is 6.61 Å². The maximum absolute atomic E-state index is 13.7. The summed E-state index contributed by atoms with van der Waals surface area (Å²) < 4.78 is 19.7. The van der Waals surface area contributed by atoms with Crippen molar-refractivity contribution in [1.82, 2.24) is 0 Å². The van der Waals surface area contributed by atoms with Crippen LogP contribution in [-0.4, -0.2) is 12.4 Å². The third kappa shape index (κ3) is 2.90. The van der Waals surface area contributed by atoms with E-state index in [9.17, 15) is 9.18 Å². The van der Waals surface area contributed by atoms with Crippen molar-refractivity contribution in [2.45, 2.75) is 6.42 Å². The number of fused-ring (bicyclic) bond motifs is 1. The molecule has 106 valence electrons. The molecule has 0 fully saturated rings. The number of hydrogen-bond donors (Lipinski definition) is 0. The second kappa shape index (κ2) is 5.82. The van der Waals surface area contributed by atoms with E-state index in [1.807, 2.05) is 12.1 Å². The molecule has 0 aliphatic carbocycles. The summed E-state index contributed by atoms with van der Waals surface area (Å²) in [6.45, 7) is 0.658. The average Bonchev–Trinajstić information content (AvgIpc) is 2.93. The molecule has 0 spiro atoms. The highest BCUT2D eigenvalue weighted by Gasteiger charge is 2.14. The Balaban J connectivity index is 1.85. The van der Waals surface area contributed by atoms with Gasteiger partial charge in [0.15, 0.2) is 5.78 Å². The van der Waals surface area contributed by atoms with Crippen molar-refractivity contribution in [3.63, 3.8) is 0 Å². The quantitative estimate of drug-likeness (QED) is 0.607. The summed E-state index contributed by atoms with van der Waals surface area (Å²) in [5.74, 6) is 0.322. The molecule has 1 aliphatic rings. The Morgan fingerprint density at radius 1 is 1.29 bits per heavy atom. The second-order valence-electron chi connectivity index (χ2n) is 4.75. The second-order valence-corrected chi connectivity index (χ2v) is 5.61. The average molecular weight is 347 g/mol. The summed E-state index contributed by atoms with van der Waals surface area (Å²) in [4.78, 5) is 12.2. The highest BCUT2D eigenvalue weighted by atomic mass is 79.9. The minimum Gasteiger partial charge on any atom is -0.493 e. The lowest BCUT2D eigenvalue weighted by atomic mass is 10.0. The maximum Gasteiger partial charge on any atom is 0.185 e. The third-order valence-corrected chi connectivity index (χ3v) is 4.07. The molecule has 2 aromatic carbocycles. The Labute approximate surface area is 130 Å². The van der Waals surface area contributed by atoms with Gasteiger partial charge >= 0.3 is 0 Å². The van der Waals surface area contributed by atoms with E-state index in [1.54, 1.807) is 18.2 Å². The lowest BCUT2D eigenvalue weighted by molar-refractivity contribution is 0.104. The number of carbonyl (C=O) groups excluding carboxylic acids is 1. The number of ether oxygens (including phenoxy) is 1. The predicted octanol–water partition coefficient (Wildman–Crippen LogP) is 4.42. The Bertz CT molecular complexity index is 717. The monoisotopic (exact) mass is 346 g/mol. The van der Waals surface area contributed by atoms with E-state index < -0.39 is 0 Å². The summed E-state index contributed by atoms with van der Waals surface area (Å²) >= 11 is 3.27. The molecule has 0 unspecified atom stereocenters. The van der Waals surface area contributed by atoms with E-state index in [1.165, 1.54) is 18.2 Å². The van der Waals surface area contributed by atoms with Crippen LogP contribution in [0.3, 0.4) is 0 Å². The number of carbonyl (C=O) groups is 1. The standard InChI is InChI=1S/C17H12BrFO2/c18-14-2-1-3-15(19)13(14)5-6-16(20)11-4-7-17-12(10-11)8-9-21-17/h1-7,10H,8-9H2/b6-5+. The smallest absolute Gasteiger partial charge is 0.185 e. The Morgan fingerprint density at radius 3 is 2.95 bits per heavy atom. The fourth-order valence-electron chi connectivity index (χ4n) is 2.27. The molecule has 2 aromatic rings. The molecule has 0 bridgehead atoms. The summed E-state index contributed by atoms with van der Waals surface area (Å²) in [5, 5.41) is 0. The third-order valence-electron chi connectivity index (χ3n) is 3.38. The molecule has 0 radical (unpaired) electrons. The molecule has 21 heavy (non-hydrogen) atoms. The molecule has 2 nitrogen and oxygen atoms in total. The lowest BCUT2D eigenvalue weighted by Crippen LogP contribution is -1.95. The molecule has 0 aromatic heterocycles. The van der Waals surface area contributed by atoms with E-state index in [-0.39, 0.29) is 11.6 Å². The van der Waals surface area contributed by atoms with Crippen LogP contribution in [0.1, 0.15) is 21.5 Å². The molecule has 0 N–H and O–H groups in total. The van der Waals surface area contributed by atoms with Crippen molar-refractivity contribution in [2.24, 2.45) is 0 Å². The van der Waals surface area contributed by atoms with Gasteiger partial charge in [-0.15, -0.1) is 0 Å². The summed E-state index contributed by atoms with van der Waals surface area (Å²) in [5.41, 5.74) is 2.00. The van der Waals surface area contributed by atoms with Gasteiger partial charge in [-0.25, -0.2) is 4.39 Å². The van der Waals surface area contributed by atoms with Gasteiger partial charge < -0.3 is 4.74 Å². The van der Waals surface area contributed by atoms with Gasteiger partial charge in [-0.2, -0.15) is 0 Å². The normalized spacial score (nSPS) is 13.2. The first-order valence-electron chi connectivity index (χ1n) is 6.57. The first-order valence-corrected chi connectivity index (χ1v) is 7.36. The number of benzene rings is 2. The Kier molecular flexibility index (Phi) is 3.88. The van der Waals surface area contributed by atoms with E-state index in [4.69, 9.17) is 4.74 Å². The van der Waals surface area contributed by atoms with Crippen LogP contribution in [0.15, 0.2) is 46.9 Å². The number of rotatable bonds is 3. The highest BCUT2D eigenvalue weighted by Crippen LogP contribution is 2.26. The molecule has 4 heteroatoms. The number of allylic oxidation sites excluding steroid dienone is 1. The SMILES string of the molecule is O=C(/C=C/c1c(F)cccc1Br)c1ccc2c(c1)CCO2. The van der Waals surface area contributed by atoms with Gasteiger partial charge in [0.1, 0.15) is 11.6 Å². The van der Waals surface area contributed by atoms with Gasteiger partial charge in [0.2, 0.25) is 0 Å². The number of ketones is 1. The number of hydrogen-bond acceptors (Lipinski definition) is 2. The zero-order chi connectivity index (χ0) is 14.8. The zero-order valence-electron chi connectivity index (χ0n) is 11.1. The summed E-state index contributed by atoms with van der Waals surface area (Å²) in [6.07, 6.45) is 3.70. The van der Waals surface area contributed by atoms with Crippen LogP contribution in [-0.2, 0) is 6.42 Å². The molecule has 0 saturated carbocycles. The van der Waals surface area contributed by atoms with Crippen LogP contribution in [0.5, 0.6) is 5.75 Å². The zero-order valence-corrected chi connectivity index (χ0v) is 12.7. The van der Waals surface area contributed by atoms with Crippen LogP contribution >= 0.6 is 15.9 Å². The fourth-order valence-corrected chi connectivity index (χ4v) is 2.74. The summed E-state index contributed by atoms with van der Waals surface area (Å²) in [6, 6.07) is 10.1. The van der Waals surface area contributed by atoms with Gasteiger partial charge in [-0.05, 0) is 48.0 Å². The summed E-state index contributed by atoms with van der Waals surface area (Å²) in [7, 11) is 0. The number of halogens is 2. The molecule has 1 aliphatic heterocycles. The maximum atomic E-state index is 13.7. The van der Waals surface area contributed by atoms with Gasteiger partial charge in [-0.3, -0.25) is 4.79 Å². The largest absolute Gasteiger partial charge is 0.493 e. The molecule has 0 amide bonds. The van der Waals surface area contributed by atoms with Crippen molar-refractivity contribution >= 4 is 27.8 Å².